The second-order valence-corrected chi connectivity index (χ2v) is 6.03. The second-order valence-electron chi connectivity index (χ2n) is 6.03. The highest BCUT2D eigenvalue weighted by atomic mass is 16.5. The molecule has 2 aromatic rings. The lowest BCUT2D eigenvalue weighted by Gasteiger charge is -2.40. The van der Waals surface area contributed by atoms with E-state index in [1.807, 2.05) is 26.2 Å². The summed E-state index contributed by atoms with van der Waals surface area (Å²) in [5.41, 5.74) is 2.83. The van der Waals surface area contributed by atoms with E-state index in [-0.39, 0.29) is 5.54 Å². The predicted octanol–water partition coefficient (Wildman–Crippen LogP) is 4.71. The topological polar surface area (TPSA) is 27.1 Å². The van der Waals surface area contributed by atoms with Crippen molar-refractivity contribution in [2.75, 3.05) is 13.2 Å². The Bertz CT molecular complexity index is 584. The molecule has 1 atom stereocenters. The van der Waals surface area contributed by atoms with Crippen LogP contribution in [0.15, 0.2) is 24.7 Å². The Kier molecular flexibility index (Phi) is 5.04. The molecule has 116 valence electrons. The Balaban J connectivity index is 0.000000774. The molecule has 0 radical (unpaired) electrons. The van der Waals surface area contributed by atoms with Gasteiger partial charge in [-0.3, -0.25) is 4.98 Å². The molecule has 2 aromatic heterocycles. The Morgan fingerprint density at radius 3 is 2.67 bits per heavy atom. The van der Waals surface area contributed by atoms with Crippen LogP contribution in [-0.2, 0) is 10.3 Å². The van der Waals surface area contributed by atoms with E-state index < -0.39 is 0 Å². The molecular formula is C18H28N2O. The fourth-order valence-corrected chi connectivity index (χ4v) is 3.06. The molecule has 1 aliphatic rings. The zero-order chi connectivity index (χ0) is 15.5. The quantitative estimate of drug-likeness (QED) is 0.814. The molecule has 1 aliphatic heterocycles. The van der Waals surface area contributed by atoms with E-state index in [1.165, 1.54) is 29.3 Å². The fourth-order valence-electron chi connectivity index (χ4n) is 3.06. The number of fused-ring (bicyclic) bond motifs is 1. The maximum Gasteiger partial charge on any atom is 0.0883 e. The number of aromatic nitrogens is 2. The van der Waals surface area contributed by atoms with Crippen molar-refractivity contribution in [3.05, 3.63) is 30.2 Å². The number of nitrogens with zero attached hydrogens (tertiary/aromatic N) is 2. The molecule has 0 N–H and O–H groups in total. The maximum absolute atomic E-state index is 5.42. The van der Waals surface area contributed by atoms with Crippen molar-refractivity contribution < 1.29 is 4.74 Å². The summed E-state index contributed by atoms with van der Waals surface area (Å²) in [5.74, 6) is 0.586. The second kappa shape index (κ2) is 6.61. The first kappa shape index (κ1) is 16.0. The third-order valence-corrected chi connectivity index (χ3v) is 4.30. The number of ether oxygens (including phenoxy) is 1. The lowest BCUT2D eigenvalue weighted by molar-refractivity contribution is -0.0875. The molecule has 0 amide bonds. The zero-order valence-electron chi connectivity index (χ0n) is 14.0. The molecule has 0 saturated carbocycles. The number of hydrogen-bond donors (Lipinski definition) is 0. The Morgan fingerprint density at radius 1 is 1.38 bits per heavy atom. The highest BCUT2D eigenvalue weighted by molar-refractivity contribution is 5.84. The Morgan fingerprint density at radius 2 is 2.10 bits per heavy atom. The van der Waals surface area contributed by atoms with Gasteiger partial charge >= 0.3 is 0 Å². The highest BCUT2D eigenvalue weighted by Crippen LogP contribution is 2.36. The van der Waals surface area contributed by atoms with Crippen molar-refractivity contribution in [1.82, 2.24) is 9.55 Å². The minimum Gasteiger partial charge on any atom is -0.376 e. The molecule has 21 heavy (non-hydrogen) atoms. The predicted molar refractivity (Wildman–Crippen MR) is 88.9 cm³/mol. The van der Waals surface area contributed by atoms with Gasteiger partial charge < -0.3 is 9.30 Å². The van der Waals surface area contributed by atoms with E-state index in [2.05, 4.69) is 42.6 Å². The van der Waals surface area contributed by atoms with Crippen LogP contribution in [0.1, 0.15) is 58.9 Å². The number of pyridine rings is 1. The van der Waals surface area contributed by atoms with Gasteiger partial charge in [0.05, 0.1) is 24.3 Å². The summed E-state index contributed by atoms with van der Waals surface area (Å²) in [4.78, 5) is 4.31. The molecule has 0 bridgehead atoms. The van der Waals surface area contributed by atoms with Crippen LogP contribution in [0.4, 0.5) is 0 Å². The summed E-state index contributed by atoms with van der Waals surface area (Å²) in [6.45, 7) is 12.4. The minimum atomic E-state index is 0.115. The summed E-state index contributed by atoms with van der Waals surface area (Å²) in [6, 6.07) is 2.13. The zero-order valence-corrected chi connectivity index (χ0v) is 14.0. The van der Waals surface area contributed by atoms with Crippen molar-refractivity contribution in [3.8, 4) is 0 Å². The number of rotatable bonds is 4. The molecule has 3 rings (SSSR count). The van der Waals surface area contributed by atoms with Gasteiger partial charge in [-0.15, -0.1) is 0 Å². The van der Waals surface area contributed by atoms with E-state index in [4.69, 9.17) is 4.74 Å². The first-order valence-electron chi connectivity index (χ1n) is 8.19. The standard InChI is InChI=1S/C16H22N2O.C2H6/c1-4-5-12(2)14-9-18(16(3)10-19-11-16)15-6-7-17-8-13(14)15;1-2/h6-9,12H,4-5,10-11H2,1-3H3;1-2H3. The van der Waals surface area contributed by atoms with Crippen LogP contribution in [0.2, 0.25) is 0 Å². The monoisotopic (exact) mass is 288 g/mol. The van der Waals surface area contributed by atoms with Crippen molar-refractivity contribution in [2.45, 2.75) is 58.9 Å². The van der Waals surface area contributed by atoms with E-state index in [1.54, 1.807) is 0 Å². The van der Waals surface area contributed by atoms with Gasteiger partial charge in [0.1, 0.15) is 0 Å². The molecular weight excluding hydrogens is 260 g/mol. The molecule has 1 unspecified atom stereocenters. The van der Waals surface area contributed by atoms with Crippen LogP contribution in [0, 0.1) is 0 Å². The first-order valence-corrected chi connectivity index (χ1v) is 8.19. The van der Waals surface area contributed by atoms with Crippen molar-refractivity contribution in [2.24, 2.45) is 0 Å². The van der Waals surface area contributed by atoms with Crippen LogP contribution < -0.4 is 0 Å². The molecule has 3 nitrogen and oxygen atoms in total. The normalized spacial score (nSPS) is 17.8. The van der Waals surface area contributed by atoms with E-state index in [0.29, 0.717) is 5.92 Å². The summed E-state index contributed by atoms with van der Waals surface area (Å²) in [5, 5.41) is 1.30. The first-order chi connectivity index (χ1) is 10.2. The van der Waals surface area contributed by atoms with Gasteiger partial charge in [-0.25, -0.2) is 0 Å². The molecule has 1 saturated heterocycles. The molecule has 0 aliphatic carbocycles. The third-order valence-electron chi connectivity index (χ3n) is 4.30. The van der Waals surface area contributed by atoms with Crippen LogP contribution in [0.3, 0.4) is 0 Å². The lowest BCUT2D eigenvalue weighted by atomic mass is 9.97. The summed E-state index contributed by atoms with van der Waals surface area (Å²) >= 11 is 0. The smallest absolute Gasteiger partial charge is 0.0883 e. The van der Waals surface area contributed by atoms with Crippen LogP contribution in [0.5, 0.6) is 0 Å². The molecule has 0 aromatic carbocycles. The van der Waals surface area contributed by atoms with Crippen LogP contribution in [-0.4, -0.2) is 22.8 Å². The minimum absolute atomic E-state index is 0.115. The van der Waals surface area contributed by atoms with E-state index >= 15 is 0 Å². The van der Waals surface area contributed by atoms with Crippen molar-refractivity contribution in [1.29, 1.82) is 0 Å². The van der Waals surface area contributed by atoms with Crippen LogP contribution in [0.25, 0.3) is 10.9 Å². The average molecular weight is 288 g/mol. The lowest BCUT2D eigenvalue weighted by Crippen LogP contribution is -2.48. The van der Waals surface area contributed by atoms with Gasteiger partial charge in [0, 0.05) is 24.0 Å². The largest absolute Gasteiger partial charge is 0.376 e. The number of hydrogen-bond acceptors (Lipinski definition) is 2. The fraction of sp³-hybridized carbons (Fsp3) is 0.611. The summed E-state index contributed by atoms with van der Waals surface area (Å²) in [7, 11) is 0. The van der Waals surface area contributed by atoms with E-state index in [0.717, 1.165) is 13.2 Å². The van der Waals surface area contributed by atoms with Crippen molar-refractivity contribution >= 4 is 10.9 Å². The van der Waals surface area contributed by atoms with E-state index in [9.17, 15) is 0 Å². The Labute approximate surface area is 128 Å². The highest BCUT2D eigenvalue weighted by Gasteiger charge is 2.36. The van der Waals surface area contributed by atoms with Gasteiger partial charge in [0.15, 0.2) is 0 Å². The molecule has 0 spiro atoms. The summed E-state index contributed by atoms with van der Waals surface area (Å²) in [6.07, 6.45) is 8.66. The van der Waals surface area contributed by atoms with Gasteiger partial charge in [0.2, 0.25) is 0 Å². The molecule has 3 heteroatoms. The SMILES string of the molecule is CC.CCCC(C)c1cn(C2(C)COC2)c2ccncc12. The van der Waals surface area contributed by atoms with Gasteiger partial charge in [-0.05, 0) is 30.9 Å². The molecule has 3 heterocycles. The molecule has 1 fully saturated rings. The maximum atomic E-state index is 5.42. The van der Waals surface area contributed by atoms with Gasteiger partial charge in [-0.2, -0.15) is 0 Å². The van der Waals surface area contributed by atoms with Crippen LogP contribution >= 0.6 is 0 Å². The van der Waals surface area contributed by atoms with Gasteiger partial charge in [-0.1, -0.05) is 34.1 Å². The van der Waals surface area contributed by atoms with Gasteiger partial charge in [0.25, 0.3) is 0 Å². The third kappa shape index (κ3) is 2.84. The summed E-state index contributed by atoms with van der Waals surface area (Å²) < 4.78 is 7.82. The Hall–Kier alpha value is -1.35. The van der Waals surface area contributed by atoms with Crippen molar-refractivity contribution in [3.63, 3.8) is 0 Å². The average Bonchev–Trinajstić information content (AvgIpc) is 2.87.